The number of nitrogens with zero attached hydrogens (tertiary/aromatic N) is 4. The Kier molecular flexibility index (Phi) is 6.93. The van der Waals surface area contributed by atoms with Gasteiger partial charge in [-0.15, -0.1) is 0 Å². The minimum atomic E-state index is 0.350. The summed E-state index contributed by atoms with van der Waals surface area (Å²) in [4.78, 5) is 22.2. The minimum absolute atomic E-state index is 0.350. The molecule has 0 bridgehead atoms. The summed E-state index contributed by atoms with van der Waals surface area (Å²) < 4.78 is 0. The Bertz CT molecular complexity index is 381. The van der Waals surface area contributed by atoms with Crippen molar-refractivity contribution in [3.05, 3.63) is 0 Å². The molecule has 0 atom stereocenters. The summed E-state index contributed by atoms with van der Waals surface area (Å²) in [5.41, 5.74) is 0. The molecule has 2 heterocycles. The van der Waals surface area contributed by atoms with Gasteiger partial charge in [0.2, 0.25) is 5.91 Å². The van der Waals surface area contributed by atoms with Crippen LogP contribution in [0, 0.1) is 0 Å². The molecule has 138 valence electrons. The van der Waals surface area contributed by atoms with Gasteiger partial charge in [0.1, 0.15) is 0 Å². The second-order valence-electron chi connectivity index (χ2n) is 7.83. The molecule has 2 saturated heterocycles. The fourth-order valence-corrected chi connectivity index (χ4v) is 4.45. The summed E-state index contributed by atoms with van der Waals surface area (Å²) in [6.07, 6.45) is 8.10. The van der Waals surface area contributed by atoms with Crippen LogP contribution in [0.2, 0.25) is 0 Å². The first kappa shape index (κ1) is 18.2. The van der Waals surface area contributed by atoms with Gasteiger partial charge in [-0.05, 0) is 25.8 Å². The maximum atomic E-state index is 12.6. The molecule has 0 radical (unpaired) electrons. The number of carbonyl (C=O) groups is 1. The molecule has 1 aliphatic carbocycles. The fourth-order valence-electron chi connectivity index (χ4n) is 4.45. The molecule has 0 aromatic rings. The fraction of sp³-hybridized carbons (Fsp3) is 0.947. The van der Waals surface area contributed by atoms with E-state index in [4.69, 9.17) is 0 Å². The van der Waals surface area contributed by atoms with Crippen LogP contribution in [0.1, 0.15) is 45.4 Å². The van der Waals surface area contributed by atoms with E-state index in [0.717, 1.165) is 58.4 Å². The van der Waals surface area contributed by atoms with Crippen LogP contribution >= 0.6 is 0 Å². The molecule has 3 aliphatic rings. The number of unbranched alkanes of at least 4 members (excludes halogenated alkanes) is 1. The molecule has 1 amide bonds. The van der Waals surface area contributed by atoms with Crippen LogP contribution in [0.3, 0.4) is 0 Å². The average Bonchev–Trinajstić information content (AvgIpc) is 3.16. The first-order chi connectivity index (χ1) is 11.8. The summed E-state index contributed by atoms with van der Waals surface area (Å²) in [7, 11) is 0. The van der Waals surface area contributed by atoms with E-state index in [0.29, 0.717) is 12.5 Å². The van der Waals surface area contributed by atoms with Crippen molar-refractivity contribution in [2.24, 2.45) is 0 Å². The van der Waals surface area contributed by atoms with Crippen molar-refractivity contribution in [2.75, 3.05) is 65.4 Å². The molecular formula is C19H36N4O. The van der Waals surface area contributed by atoms with Gasteiger partial charge in [0.05, 0.1) is 6.54 Å². The van der Waals surface area contributed by atoms with Crippen molar-refractivity contribution >= 4 is 5.91 Å². The number of hydrogen-bond acceptors (Lipinski definition) is 4. The molecule has 3 rings (SSSR count). The molecule has 1 saturated carbocycles. The van der Waals surface area contributed by atoms with Crippen LogP contribution in [0.25, 0.3) is 0 Å². The van der Waals surface area contributed by atoms with Crippen molar-refractivity contribution < 1.29 is 4.79 Å². The van der Waals surface area contributed by atoms with Crippen LogP contribution in [-0.2, 0) is 4.79 Å². The average molecular weight is 337 g/mol. The number of piperazine rings is 2. The SMILES string of the molecule is CCCCN1CCN(CC(=O)N2CCN(C3CCCC3)CC2)CC1. The lowest BCUT2D eigenvalue weighted by molar-refractivity contribution is -0.134. The summed E-state index contributed by atoms with van der Waals surface area (Å²) in [5.74, 6) is 0.350. The highest BCUT2D eigenvalue weighted by atomic mass is 16.2. The molecule has 2 aliphatic heterocycles. The van der Waals surface area contributed by atoms with E-state index in [9.17, 15) is 4.79 Å². The maximum Gasteiger partial charge on any atom is 0.236 e. The van der Waals surface area contributed by atoms with E-state index in [1.54, 1.807) is 0 Å². The number of hydrogen-bond donors (Lipinski definition) is 0. The van der Waals surface area contributed by atoms with Gasteiger partial charge in [-0.1, -0.05) is 26.2 Å². The predicted octanol–water partition coefficient (Wildman–Crippen LogP) is 1.49. The highest BCUT2D eigenvalue weighted by molar-refractivity contribution is 5.78. The summed E-state index contributed by atoms with van der Waals surface area (Å²) in [6, 6.07) is 0.804. The van der Waals surface area contributed by atoms with Gasteiger partial charge in [-0.2, -0.15) is 0 Å². The third kappa shape index (κ3) is 4.93. The third-order valence-electron chi connectivity index (χ3n) is 6.16. The second-order valence-corrected chi connectivity index (χ2v) is 7.83. The Morgan fingerprint density at radius 3 is 2.12 bits per heavy atom. The molecule has 5 heteroatoms. The van der Waals surface area contributed by atoms with Gasteiger partial charge in [0.15, 0.2) is 0 Å². The molecule has 5 nitrogen and oxygen atoms in total. The van der Waals surface area contributed by atoms with Gasteiger partial charge in [-0.25, -0.2) is 0 Å². The van der Waals surface area contributed by atoms with Gasteiger partial charge >= 0.3 is 0 Å². The zero-order valence-corrected chi connectivity index (χ0v) is 15.6. The van der Waals surface area contributed by atoms with E-state index in [1.807, 2.05) is 0 Å². The molecule has 0 N–H and O–H groups in total. The third-order valence-corrected chi connectivity index (χ3v) is 6.16. The van der Waals surface area contributed by atoms with Gasteiger partial charge < -0.3 is 9.80 Å². The van der Waals surface area contributed by atoms with Crippen molar-refractivity contribution in [3.8, 4) is 0 Å². The number of carbonyl (C=O) groups excluding carboxylic acids is 1. The monoisotopic (exact) mass is 336 g/mol. The first-order valence-corrected chi connectivity index (χ1v) is 10.2. The lowest BCUT2D eigenvalue weighted by atomic mass is 10.2. The van der Waals surface area contributed by atoms with Crippen molar-refractivity contribution in [1.29, 1.82) is 0 Å². The van der Waals surface area contributed by atoms with Crippen LogP contribution in [0.15, 0.2) is 0 Å². The summed E-state index contributed by atoms with van der Waals surface area (Å²) in [5, 5.41) is 0. The van der Waals surface area contributed by atoms with Crippen LogP contribution in [-0.4, -0.2) is 97.0 Å². The zero-order valence-electron chi connectivity index (χ0n) is 15.6. The van der Waals surface area contributed by atoms with Crippen molar-refractivity contribution in [3.63, 3.8) is 0 Å². The number of amides is 1. The second kappa shape index (κ2) is 9.16. The predicted molar refractivity (Wildman–Crippen MR) is 98.2 cm³/mol. The van der Waals surface area contributed by atoms with Gasteiger partial charge in [0.25, 0.3) is 0 Å². The molecule has 0 aromatic heterocycles. The Hall–Kier alpha value is -0.650. The van der Waals surface area contributed by atoms with Crippen LogP contribution in [0.4, 0.5) is 0 Å². The molecule has 0 spiro atoms. The molecule has 0 unspecified atom stereocenters. The maximum absolute atomic E-state index is 12.6. The lowest BCUT2D eigenvalue weighted by Gasteiger charge is -2.39. The number of rotatable bonds is 6. The van der Waals surface area contributed by atoms with Crippen molar-refractivity contribution in [1.82, 2.24) is 19.6 Å². The Labute approximate surface area is 147 Å². The van der Waals surface area contributed by atoms with Crippen LogP contribution in [0.5, 0.6) is 0 Å². The topological polar surface area (TPSA) is 30.0 Å². The van der Waals surface area contributed by atoms with E-state index < -0.39 is 0 Å². The standard InChI is InChI=1S/C19H36N4O/c1-2-3-8-20-9-11-21(12-10-20)17-19(24)23-15-13-22(14-16-23)18-6-4-5-7-18/h18H,2-17H2,1H3. The van der Waals surface area contributed by atoms with Crippen LogP contribution < -0.4 is 0 Å². The Morgan fingerprint density at radius 1 is 0.875 bits per heavy atom. The van der Waals surface area contributed by atoms with Gasteiger partial charge in [0, 0.05) is 58.4 Å². The molecular weight excluding hydrogens is 300 g/mol. The highest BCUT2D eigenvalue weighted by Crippen LogP contribution is 2.24. The Balaban J connectivity index is 1.34. The highest BCUT2D eigenvalue weighted by Gasteiger charge is 2.28. The molecule has 0 aromatic carbocycles. The summed E-state index contributed by atoms with van der Waals surface area (Å²) >= 11 is 0. The Morgan fingerprint density at radius 2 is 1.50 bits per heavy atom. The largest absolute Gasteiger partial charge is 0.339 e. The normalized spacial score (nSPS) is 25.5. The smallest absolute Gasteiger partial charge is 0.236 e. The van der Waals surface area contributed by atoms with E-state index in [-0.39, 0.29) is 0 Å². The molecule has 24 heavy (non-hydrogen) atoms. The van der Waals surface area contributed by atoms with Crippen molar-refractivity contribution in [2.45, 2.75) is 51.5 Å². The lowest BCUT2D eigenvalue weighted by Crippen LogP contribution is -2.55. The van der Waals surface area contributed by atoms with E-state index in [1.165, 1.54) is 45.1 Å². The van der Waals surface area contributed by atoms with E-state index >= 15 is 0 Å². The zero-order chi connectivity index (χ0) is 16.8. The van der Waals surface area contributed by atoms with E-state index in [2.05, 4.69) is 26.5 Å². The minimum Gasteiger partial charge on any atom is -0.339 e. The molecule has 3 fully saturated rings. The quantitative estimate of drug-likeness (QED) is 0.735. The summed E-state index contributed by atoms with van der Waals surface area (Å²) in [6.45, 7) is 12.5. The van der Waals surface area contributed by atoms with Gasteiger partial charge in [-0.3, -0.25) is 14.6 Å². The first-order valence-electron chi connectivity index (χ1n) is 10.2.